The predicted octanol–water partition coefficient (Wildman–Crippen LogP) is 20.2. The molecule has 4 heteroatoms. The smallest absolute Gasteiger partial charge is 0.159 e. The molecule has 2 aromatic heterocycles. The van der Waals surface area contributed by atoms with Gasteiger partial charge in [0.15, 0.2) is 11.2 Å². The molecule has 0 fully saturated rings. The molecule has 0 saturated heterocycles. The van der Waals surface area contributed by atoms with Crippen LogP contribution >= 0.6 is 0 Å². The zero-order chi connectivity index (χ0) is 50.3. The van der Waals surface area contributed by atoms with Gasteiger partial charge in [0, 0.05) is 60.4 Å². The Hall–Kier alpha value is -9.12. The third kappa shape index (κ3) is 6.23. The maximum absolute atomic E-state index is 7.05. The van der Waals surface area contributed by atoms with Gasteiger partial charge in [-0.2, -0.15) is 0 Å². The third-order valence-electron chi connectivity index (χ3n) is 16.7. The van der Waals surface area contributed by atoms with Crippen molar-refractivity contribution in [2.75, 3.05) is 9.80 Å². The van der Waals surface area contributed by atoms with E-state index in [-0.39, 0.29) is 10.8 Å². The topological polar surface area (TPSA) is 32.8 Å². The van der Waals surface area contributed by atoms with E-state index in [9.17, 15) is 0 Å². The Bertz CT molecular complexity index is 4480. The lowest BCUT2D eigenvalue weighted by Crippen LogP contribution is -2.18. The van der Waals surface area contributed by atoms with Crippen LogP contribution in [0.5, 0.6) is 0 Å². The molecule has 2 aliphatic carbocycles. The summed E-state index contributed by atoms with van der Waals surface area (Å²) in [5.41, 5.74) is 23.3. The van der Waals surface area contributed by atoms with Gasteiger partial charge in [-0.25, -0.2) is 0 Å². The molecule has 2 aliphatic rings. The minimum absolute atomic E-state index is 0.301. The van der Waals surface area contributed by atoms with Gasteiger partial charge in [-0.1, -0.05) is 185 Å². The number of fused-ring (bicyclic) bond motifs is 14. The van der Waals surface area contributed by atoms with Crippen LogP contribution in [0.4, 0.5) is 34.1 Å². The van der Waals surface area contributed by atoms with Gasteiger partial charge in [-0.15, -0.1) is 0 Å². The van der Waals surface area contributed by atoms with E-state index in [0.717, 1.165) is 94.7 Å². The molecule has 4 nitrogen and oxygen atoms in total. The van der Waals surface area contributed by atoms with E-state index in [2.05, 4.69) is 269 Å². The minimum Gasteiger partial charge on any atom is -0.454 e. The lowest BCUT2D eigenvalue weighted by Gasteiger charge is -2.29. The first-order valence-corrected chi connectivity index (χ1v) is 26.2. The van der Waals surface area contributed by atoms with Crippen LogP contribution < -0.4 is 9.80 Å². The summed E-state index contributed by atoms with van der Waals surface area (Å²) in [4.78, 5) is 4.80. The highest BCUT2D eigenvalue weighted by Gasteiger charge is 2.43. The number of furan rings is 2. The quantitative estimate of drug-likeness (QED) is 0.159. The molecule has 0 atom stereocenters. The second-order valence-electron chi connectivity index (χ2n) is 21.6. The number of nitrogens with zero attached hydrogens (tertiary/aromatic N) is 2. The highest BCUT2D eigenvalue weighted by atomic mass is 16.3. The van der Waals surface area contributed by atoms with Crippen molar-refractivity contribution in [2.24, 2.45) is 0 Å². The number of hydrogen-bond donors (Lipinski definition) is 0. The molecule has 0 aliphatic heterocycles. The second kappa shape index (κ2) is 15.9. The minimum atomic E-state index is -0.314. The van der Waals surface area contributed by atoms with Gasteiger partial charge in [0.1, 0.15) is 11.2 Å². The van der Waals surface area contributed by atoms with Gasteiger partial charge in [-0.05, 0) is 135 Å². The predicted molar refractivity (Wildman–Crippen MR) is 313 cm³/mol. The molecule has 0 bridgehead atoms. The normalized spacial score (nSPS) is 13.9. The molecular weight excluding hydrogens is 913 g/mol. The van der Waals surface area contributed by atoms with Gasteiger partial charge in [0.2, 0.25) is 0 Å². The average Bonchev–Trinajstić information content (AvgIpc) is 4.16. The third-order valence-corrected chi connectivity index (χ3v) is 16.7. The molecule has 0 spiro atoms. The van der Waals surface area contributed by atoms with E-state index in [0.29, 0.717) is 0 Å². The van der Waals surface area contributed by atoms with Crippen molar-refractivity contribution in [1.29, 1.82) is 0 Å². The Morgan fingerprint density at radius 2 is 0.800 bits per heavy atom. The molecule has 13 aromatic rings. The fraction of sp³-hybridized carbons (Fsp3) is 0.0986. The molecule has 0 N–H and O–H groups in total. The largest absolute Gasteiger partial charge is 0.454 e. The van der Waals surface area contributed by atoms with Crippen LogP contribution in [0, 0.1) is 6.92 Å². The van der Waals surface area contributed by atoms with Crippen molar-refractivity contribution in [3.05, 3.63) is 252 Å². The van der Waals surface area contributed by atoms with Gasteiger partial charge >= 0.3 is 0 Å². The summed E-state index contributed by atoms with van der Waals surface area (Å²) in [6.07, 6.45) is 0. The summed E-state index contributed by atoms with van der Waals surface area (Å²) < 4.78 is 13.9. The van der Waals surface area contributed by atoms with Crippen molar-refractivity contribution in [2.45, 2.75) is 45.4 Å². The van der Waals surface area contributed by atoms with Crippen molar-refractivity contribution in [3.8, 4) is 33.4 Å². The molecule has 75 heavy (non-hydrogen) atoms. The second-order valence-corrected chi connectivity index (χ2v) is 21.6. The van der Waals surface area contributed by atoms with E-state index < -0.39 is 0 Å². The van der Waals surface area contributed by atoms with Crippen molar-refractivity contribution in [1.82, 2.24) is 0 Å². The van der Waals surface area contributed by atoms with E-state index >= 15 is 0 Å². The number of rotatable bonds is 7. The van der Waals surface area contributed by atoms with Crippen LogP contribution in [0.15, 0.2) is 233 Å². The molecule has 0 saturated carbocycles. The van der Waals surface area contributed by atoms with Crippen LogP contribution in [0.2, 0.25) is 0 Å². The molecule has 358 valence electrons. The molecular formula is C71H52N2O2. The maximum Gasteiger partial charge on any atom is 0.159 e. The Morgan fingerprint density at radius 3 is 1.49 bits per heavy atom. The number of hydrogen-bond acceptors (Lipinski definition) is 4. The molecule has 11 aromatic carbocycles. The first kappa shape index (κ1) is 43.5. The SMILES string of the molecule is Cc1cccc2c1oc1c(N(c3ccccc3)c3cc4c(c5ccccc35)-c3cc5c(cc3C4(C)C)-c3ccc(N(c4ccccc4)c4cccc6c4oc4c(-c7ccccc7)cccc46)cc3C5(C)C)cccc12. The van der Waals surface area contributed by atoms with E-state index in [1.54, 1.807) is 0 Å². The van der Waals surface area contributed by atoms with Crippen molar-refractivity contribution in [3.63, 3.8) is 0 Å². The van der Waals surface area contributed by atoms with Gasteiger partial charge in [0.25, 0.3) is 0 Å². The van der Waals surface area contributed by atoms with Crippen LogP contribution in [-0.2, 0) is 10.8 Å². The Labute approximate surface area is 436 Å². The highest BCUT2D eigenvalue weighted by Crippen LogP contribution is 2.60. The average molecular weight is 965 g/mol. The monoisotopic (exact) mass is 964 g/mol. The number of aryl methyl sites for hydroxylation is 1. The molecule has 0 radical (unpaired) electrons. The van der Waals surface area contributed by atoms with Crippen LogP contribution in [0.3, 0.4) is 0 Å². The summed E-state index contributed by atoms with van der Waals surface area (Å²) in [6.45, 7) is 11.8. The van der Waals surface area contributed by atoms with Gasteiger partial charge < -0.3 is 18.6 Å². The first-order valence-electron chi connectivity index (χ1n) is 26.2. The Morgan fingerprint density at radius 1 is 0.307 bits per heavy atom. The summed E-state index contributed by atoms with van der Waals surface area (Å²) in [5.74, 6) is 0. The van der Waals surface area contributed by atoms with Gasteiger partial charge in [-0.3, -0.25) is 0 Å². The summed E-state index contributed by atoms with van der Waals surface area (Å²) in [5, 5.41) is 6.89. The molecule has 0 amide bonds. The number of benzene rings is 11. The fourth-order valence-corrected chi connectivity index (χ4v) is 13.0. The van der Waals surface area contributed by atoms with Crippen LogP contribution in [-0.4, -0.2) is 0 Å². The maximum atomic E-state index is 7.05. The molecule has 0 unspecified atom stereocenters. The van der Waals surface area contributed by atoms with E-state index in [4.69, 9.17) is 8.83 Å². The van der Waals surface area contributed by atoms with Crippen molar-refractivity contribution < 1.29 is 8.83 Å². The highest BCUT2D eigenvalue weighted by molar-refractivity contribution is 6.16. The standard InChI is InChI=1S/C71H52N2O2/c1-43-21-17-31-52-54-33-20-36-63(69(54)74-66(43)52)73(46-26-13-8-14-27-46)64-42-61-65(51-29-16-15-28-50(51)64)57-41-59-56(40-60(57)71(61,4)5)49-38-37-47(39-58(49)70(59,2)3)72(45-24-11-7-12-25-45)62-35-19-34-55-53-32-18-30-48(67(53)75-68(55)62)44-22-9-6-10-23-44/h6-42H,1-5H3. The summed E-state index contributed by atoms with van der Waals surface area (Å²) in [6, 6.07) is 81.8. The zero-order valence-electron chi connectivity index (χ0n) is 42.6. The molecule has 15 rings (SSSR count). The Kier molecular flexibility index (Phi) is 9.24. The number of anilines is 6. The van der Waals surface area contributed by atoms with Gasteiger partial charge in [0.05, 0.1) is 17.1 Å². The Balaban J connectivity index is 0.884. The summed E-state index contributed by atoms with van der Waals surface area (Å²) in [7, 11) is 0. The van der Waals surface area contributed by atoms with E-state index in [1.165, 1.54) is 55.3 Å². The molecule has 2 heterocycles. The van der Waals surface area contributed by atoms with E-state index in [1.807, 2.05) is 0 Å². The van der Waals surface area contributed by atoms with Crippen LogP contribution in [0.1, 0.15) is 55.5 Å². The fourth-order valence-electron chi connectivity index (χ4n) is 13.0. The summed E-state index contributed by atoms with van der Waals surface area (Å²) >= 11 is 0. The van der Waals surface area contributed by atoms with Crippen LogP contribution in [0.25, 0.3) is 88.0 Å². The number of para-hydroxylation sites is 6. The lowest BCUT2D eigenvalue weighted by atomic mass is 9.79. The lowest BCUT2D eigenvalue weighted by molar-refractivity contribution is 0.652. The first-order chi connectivity index (χ1) is 36.6. The van der Waals surface area contributed by atoms with Crippen molar-refractivity contribution >= 4 is 88.8 Å². The zero-order valence-corrected chi connectivity index (χ0v) is 42.6.